The van der Waals surface area contributed by atoms with Gasteiger partial charge >= 0.3 is 12.1 Å². The van der Waals surface area contributed by atoms with Gasteiger partial charge in [0.1, 0.15) is 5.01 Å². The van der Waals surface area contributed by atoms with Crippen LogP contribution in [0.3, 0.4) is 0 Å². The number of nitrogens with zero attached hydrogens (tertiary/aromatic N) is 1. The van der Waals surface area contributed by atoms with Crippen molar-refractivity contribution < 1.29 is 22.7 Å². The average Bonchev–Trinajstić information content (AvgIpc) is 2.87. The number of rotatable bonds is 2. The van der Waals surface area contributed by atoms with Crippen LogP contribution in [-0.4, -0.2) is 18.1 Å². The highest BCUT2D eigenvalue weighted by atomic mass is 32.1. The molecule has 0 amide bonds. The molecule has 0 bridgehead atoms. The molecule has 0 aliphatic rings. The zero-order valence-electron chi connectivity index (χ0n) is 9.69. The summed E-state index contributed by atoms with van der Waals surface area (Å²) in [4.78, 5) is 14.7. The van der Waals surface area contributed by atoms with Crippen molar-refractivity contribution in [3.05, 3.63) is 40.9 Å². The number of carbonyl (C=O) groups is 1. The third-order valence-electron chi connectivity index (χ3n) is 2.35. The zero-order chi connectivity index (χ0) is 14.0. The number of halogens is 3. The monoisotopic (exact) mass is 287 g/mol. The van der Waals surface area contributed by atoms with Gasteiger partial charge in [-0.1, -0.05) is 12.1 Å². The third-order valence-corrected chi connectivity index (χ3v) is 3.24. The van der Waals surface area contributed by atoms with Crippen molar-refractivity contribution in [2.45, 2.75) is 6.18 Å². The highest BCUT2D eigenvalue weighted by Gasteiger charge is 2.33. The Morgan fingerprint density at radius 1 is 1.26 bits per heavy atom. The van der Waals surface area contributed by atoms with E-state index in [2.05, 4.69) is 9.72 Å². The summed E-state index contributed by atoms with van der Waals surface area (Å²) >= 11 is 0.902. The predicted octanol–water partition coefficient (Wildman–Crippen LogP) is 3.62. The van der Waals surface area contributed by atoms with Crippen molar-refractivity contribution in [1.29, 1.82) is 0 Å². The smallest absolute Gasteiger partial charge is 0.434 e. The number of esters is 1. The standard InChI is InChI=1S/C12H8F3NO2S/c1-18-11(17)8-4-2-7(3-5-8)10-16-9(6-19-10)12(13,14)15/h2-6H,1H3. The van der Waals surface area contributed by atoms with E-state index >= 15 is 0 Å². The quantitative estimate of drug-likeness (QED) is 0.792. The first-order valence-electron chi connectivity index (χ1n) is 5.13. The van der Waals surface area contributed by atoms with Crippen molar-refractivity contribution in [2.24, 2.45) is 0 Å². The summed E-state index contributed by atoms with van der Waals surface area (Å²) in [6, 6.07) is 6.03. The fraction of sp³-hybridized carbons (Fsp3) is 0.167. The van der Waals surface area contributed by atoms with Gasteiger partial charge in [0.15, 0.2) is 5.69 Å². The molecule has 0 aliphatic carbocycles. The fourth-order valence-electron chi connectivity index (χ4n) is 1.40. The van der Waals surface area contributed by atoms with E-state index in [1.807, 2.05) is 0 Å². The van der Waals surface area contributed by atoms with Crippen molar-refractivity contribution in [1.82, 2.24) is 4.98 Å². The van der Waals surface area contributed by atoms with Crippen LogP contribution in [0.25, 0.3) is 10.6 Å². The van der Waals surface area contributed by atoms with E-state index in [9.17, 15) is 18.0 Å². The lowest BCUT2D eigenvalue weighted by Gasteiger charge is -2.01. The van der Waals surface area contributed by atoms with Gasteiger partial charge in [-0.2, -0.15) is 13.2 Å². The third kappa shape index (κ3) is 2.93. The Morgan fingerprint density at radius 3 is 2.37 bits per heavy atom. The molecule has 0 N–H and O–H groups in total. The summed E-state index contributed by atoms with van der Waals surface area (Å²) in [5.74, 6) is -0.498. The van der Waals surface area contributed by atoms with Crippen molar-refractivity contribution in [3.8, 4) is 10.6 Å². The van der Waals surface area contributed by atoms with E-state index in [0.717, 1.165) is 16.7 Å². The maximum atomic E-state index is 12.4. The number of hydrogen-bond acceptors (Lipinski definition) is 4. The Morgan fingerprint density at radius 2 is 1.89 bits per heavy atom. The molecule has 1 heterocycles. The maximum absolute atomic E-state index is 12.4. The second-order valence-electron chi connectivity index (χ2n) is 3.60. The molecule has 7 heteroatoms. The van der Waals surface area contributed by atoms with E-state index in [4.69, 9.17) is 0 Å². The van der Waals surface area contributed by atoms with E-state index < -0.39 is 17.8 Å². The molecule has 100 valence electrons. The van der Waals surface area contributed by atoms with Gasteiger partial charge in [0.25, 0.3) is 0 Å². The molecule has 3 nitrogen and oxygen atoms in total. The topological polar surface area (TPSA) is 39.2 Å². The van der Waals surface area contributed by atoms with Crippen LogP contribution in [0, 0.1) is 0 Å². The first-order valence-corrected chi connectivity index (χ1v) is 6.01. The number of alkyl halides is 3. The molecule has 0 unspecified atom stereocenters. The summed E-state index contributed by atoms with van der Waals surface area (Å²) < 4.78 is 41.8. The van der Waals surface area contributed by atoms with E-state index in [0.29, 0.717) is 11.1 Å². The number of carbonyl (C=O) groups excluding carboxylic acids is 1. The van der Waals surface area contributed by atoms with Crippen molar-refractivity contribution in [2.75, 3.05) is 7.11 Å². The Kier molecular flexibility index (Phi) is 3.57. The second-order valence-corrected chi connectivity index (χ2v) is 4.46. The van der Waals surface area contributed by atoms with E-state index in [1.165, 1.54) is 31.4 Å². The Balaban J connectivity index is 2.28. The van der Waals surface area contributed by atoms with Gasteiger partial charge in [0.2, 0.25) is 0 Å². The molecule has 1 aromatic heterocycles. The second kappa shape index (κ2) is 5.00. The van der Waals surface area contributed by atoms with Gasteiger partial charge in [-0.05, 0) is 12.1 Å². The van der Waals surface area contributed by atoms with Crippen molar-refractivity contribution >= 4 is 17.3 Å². The van der Waals surface area contributed by atoms with Crippen LogP contribution in [0.15, 0.2) is 29.6 Å². The normalized spacial score (nSPS) is 11.4. The summed E-state index contributed by atoms with van der Waals surface area (Å²) in [7, 11) is 1.26. The molecule has 2 aromatic rings. The van der Waals surface area contributed by atoms with Crippen LogP contribution in [0.4, 0.5) is 13.2 Å². The first kappa shape index (κ1) is 13.5. The molecule has 0 atom stereocenters. The molecule has 0 saturated heterocycles. The first-order chi connectivity index (χ1) is 8.91. The molecule has 19 heavy (non-hydrogen) atoms. The molecule has 0 fully saturated rings. The molecular formula is C12H8F3NO2S. The molecular weight excluding hydrogens is 279 g/mol. The molecule has 2 rings (SSSR count). The minimum Gasteiger partial charge on any atom is -0.465 e. The summed E-state index contributed by atoms with van der Waals surface area (Å²) in [6.07, 6.45) is -4.44. The molecule has 0 saturated carbocycles. The summed E-state index contributed by atoms with van der Waals surface area (Å²) in [5, 5.41) is 1.22. The van der Waals surface area contributed by atoms with Gasteiger partial charge in [-0.25, -0.2) is 9.78 Å². The number of aromatic nitrogens is 1. The zero-order valence-corrected chi connectivity index (χ0v) is 10.5. The number of hydrogen-bond donors (Lipinski definition) is 0. The van der Waals surface area contributed by atoms with Crippen LogP contribution in [-0.2, 0) is 10.9 Å². The summed E-state index contributed by atoms with van der Waals surface area (Å²) in [5.41, 5.74) is -0.0588. The van der Waals surface area contributed by atoms with Crippen LogP contribution >= 0.6 is 11.3 Å². The number of benzene rings is 1. The predicted molar refractivity (Wildman–Crippen MR) is 63.9 cm³/mol. The largest absolute Gasteiger partial charge is 0.465 e. The SMILES string of the molecule is COC(=O)c1ccc(-c2nc(C(F)(F)F)cs2)cc1. The van der Waals surface area contributed by atoms with Crippen LogP contribution in [0.5, 0.6) is 0 Å². The van der Waals surface area contributed by atoms with Gasteiger partial charge in [-0.3, -0.25) is 0 Å². The highest BCUT2D eigenvalue weighted by Crippen LogP contribution is 2.33. The minimum absolute atomic E-state index is 0.253. The van der Waals surface area contributed by atoms with E-state index in [-0.39, 0.29) is 5.01 Å². The van der Waals surface area contributed by atoms with Crippen LogP contribution in [0.2, 0.25) is 0 Å². The lowest BCUT2D eigenvalue weighted by atomic mass is 10.1. The maximum Gasteiger partial charge on any atom is 0.434 e. The number of methoxy groups -OCH3 is 1. The van der Waals surface area contributed by atoms with Gasteiger partial charge in [-0.15, -0.1) is 11.3 Å². The minimum atomic E-state index is -4.44. The van der Waals surface area contributed by atoms with Gasteiger partial charge < -0.3 is 4.74 Å². The lowest BCUT2D eigenvalue weighted by molar-refractivity contribution is -0.140. The number of thiazole rings is 1. The Bertz CT molecular complexity index is 590. The molecule has 0 spiro atoms. The highest BCUT2D eigenvalue weighted by molar-refractivity contribution is 7.13. The molecule has 0 aliphatic heterocycles. The van der Waals surface area contributed by atoms with Crippen LogP contribution < -0.4 is 0 Å². The molecule has 1 aromatic carbocycles. The van der Waals surface area contributed by atoms with E-state index in [1.54, 1.807) is 0 Å². The Labute approximate surface area is 110 Å². The molecule has 0 radical (unpaired) electrons. The number of ether oxygens (including phenoxy) is 1. The average molecular weight is 287 g/mol. The van der Waals surface area contributed by atoms with Gasteiger partial charge in [0.05, 0.1) is 12.7 Å². The van der Waals surface area contributed by atoms with Crippen molar-refractivity contribution in [3.63, 3.8) is 0 Å². The lowest BCUT2D eigenvalue weighted by Crippen LogP contribution is -2.04. The van der Waals surface area contributed by atoms with Gasteiger partial charge in [0, 0.05) is 10.9 Å². The fourth-order valence-corrected chi connectivity index (χ4v) is 2.24. The van der Waals surface area contributed by atoms with Crippen LogP contribution in [0.1, 0.15) is 16.1 Å². The summed E-state index contributed by atoms with van der Waals surface area (Å²) in [6.45, 7) is 0. The Hall–Kier alpha value is -1.89.